The lowest BCUT2D eigenvalue weighted by Crippen LogP contribution is -2.41. The van der Waals surface area contributed by atoms with Crippen molar-refractivity contribution in [2.75, 3.05) is 12.0 Å². The first-order chi connectivity index (χ1) is 15.3. The molecule has 0 aliphatic carbocycles. The Morgan fingerprint density at radius 2 is 1.68 bits per heavy atom. The molecule has 0 N–H and O–H groups in total. The van der Waals surface area contributed by atoms with Crippen LogP contribution in [0.15, 0.2) is 88.4 Å². The minimum atomic E-state index is -0.498. The summed E-state index contributed by atoms with van der Waals surface area (Å²) in [5.74, 6) is 0.307. The summed E-state index contributed by atoms with van der Waals surface area (Å²) in [7, 11) is 1.65. The SMILES string of the molecule is COc1ccc(C2C3C(c4c([O-])on[n+]4-c4ccccc4)=Nc4ccccc4N32)cc1. The number of para-hydroxylation sites is 3. The van der Waals surface area contributed by atoms with Crippen molar-refractivity contribution in [2.45, 2.75) is 12.1 Å². The largest absolute Gasteiger partial charge is 0.539 e. The van der Waals surface area contributed by atoms with Gasteiger partial charge in [-0.05, 0) is 34.5 Å². The van der Waals surface area contributed by atoms with Crippen LogP contribution in [0.5, 0.6) is 11.7 Å². The van der Waals surface area contributed by atoms with Crippen LogP contribution in [0, 0.1) is 0 Å². The molecule has 7 nitrogen and oxygen atoms in total. The van der Waals surface area contributed by atoms with E-state index in [1.807, 2.05) is 60.7 Å². The number of aromatic nitrogens is 2. The van der Waals surface area contributed by atoms with Gasteiger partial charge < -0.3 is 19.3 Å². The molecule has 1 fully saturated rings. The third-order valence-corrected chi connectivity index (χ3v) is 5.80. The quantitative estimate of drug-likeness (QED) is 0.382. The average Bonchev–Trinajstić information content (AvgIpc) is 3.47. The maximum Gasteiger partial charge on any atom is 0.287 e. The van der Waals surface area contributed by atoms with E-state index in [1.54, 1.807) is 7.11 Å². The van der Waals surface area contributed by atoms with Gasteiger partial charge in [-0.3, -0.25) is 0 Å². The molecule has 152 valence electrons. The van der Waals surface area contributed by atoms with Crippen LogP contribution in [0.4, 0.5) is 11.4 Å². The summed E-state index contributed by atoms with van der Waals surface area (Å²) in [6.07, 6.45) is 0. The van der Waals surface area contributed by atoms with Crippen LogP contribution in [-0.2, 0) is 0 Å². The van der Waals surface area contributed by atoms with Gasteiger partial charge in [0.15, 0.2) is 5.95 Å². The first kappa shape index (κ1) is 17.7. The highest BCUT2D eigenvalue weighted by atomic mass is 16.6. The van der Waals surface area contributed by atoms with E-state index in [4.69, 9.17) is 14.3 Å². The van der Waals surface area contributed by atoms with Crippen LogP contribution in [-0.4, -0.2) is 24.1 Å². The monoisotopic (exact) mass is 410 g/mol. The second kappa shape index (κ2) is 6.70. The Morgan fingerprint density at radius 1 is 0.935 bits per heavy atom. The summed E-state index contributed by atoms with van der Waals surface area (Å²) in [4.78, 5) is 7.18. The summed E-state index contributed by atoms with van der Waals surface area (Å²) in [6, 6.07) is 25.4. The van der Waals surface area contributed by atoms with E-state index in [-0.39, 0.29) is 12.1 Å². The zero-order valence-corrected chi connectivity index (χ0v) is 16.7. The number of benzene rings is 3. The fourth-order valence-electron chi connectivity index (χ4n) is 4.33. The molecule has 4 aromatic rings. The fourth-order valence-corrected chi connectivity index (χ4v) is 4.33. The number of ether oxygens (including phenoxy) is 1. The number of nitrogens with zero attached hydrogens (tertiary/aromatic N) is 4. The molecule has 0 bridgehead atoms. The van der Waals surface area contributed by atoms with Crippen molar-refractivity contribution in [1.29, 1.82) is 0 Å². The summed E-state index contributed by atoms with van der Waals surface area (Å²) in [5.41, 5.74) is 4.77. The lowest BCUT2D eigenvalue weighted by Gasteiger charge is -2.15. The normalized spacial score (nSPS) is 18.7. The first-order valence-corrected chi connectivity index (χ1v) is 10.0. The maximum absolute atomic E-state index is 12.7. The number of hydrogen-bond donors (Lipinski definition) is 0. The zero-order valence-electron chi connectivity index (χ0n) is 16.7. The van der Waals surface area contributed by atoms with E-state index in [1.165, 1.54) is 4.68 Å². The molecular weight excluding hydrogens is 392 g/mol. The fraction of sp³-hybridized carbons (Fsp3) is 0.125. The first-order valence-electron chi connectivity index (χ1n) is 10.0. The van der Waals surface area contributed by atoms with Gasteiger partial charge in [-0.2, -0.15) is 0 Å². The molecule has 1 aromatic heterocycles. The summed E-state index contributed by atoms with van der Waals surface area (Å²) < 4.78 is 11.9. The highest BCUT2D eigenvalue weighted by Gasteiger charge is 2.57. The topological polar surface area (TPSA) is 77.6 Å². The molecule has 2 aliphatic rings. The Hall–Kier alpha value is -4.13. The lowest BCUT2D eigenvalue weighted by atomic mass is 10.0. The van der Waals surface area contributed by atoms with Crippen molar-refractivity contribution in [3.63, 3.8) is 0 Å². The molecule has 0 saturated carbocycles. The van der Waals surface area contributed by atoms with Crippen LogP contribution in [0.3, 0.4) is 0 Å². The predicted octanol–water partition coefficient (Wildman–Crippen LogP) is 3.10. The number of anilines is 1. The minimum absolute atomic E-state index is 0.0619. The van der Waals surface area contributed by atoms with Gasteiger partial charge >= 0.3 is 0 Å². The molecule has 3 heterocycles. The van der Waals surface area contributed by atoms with Gasteiger partial charge in [0.2, 0.25) is 5.69 Å². The molecule has 1 saturated heterocycles. The highest BCUT2D eigenvalue weighted by Crippen LogP contribution is 2.54. The van der Waals surface area contributed by atoms with Crippen molar-refractivity contribution in [3.8, 4) is 17.4 Å². The molecule has 6 rings (SSSR count). The molecule has 0 radical (unpaired) electrons. The molecule has 31 heavy (non-hydrogen) atoms. The van der Waals surface area contributed by atoms with Crippen molar-refractivity contribution in [3.05, 3.63) is 90.1 Å². The van der Waals surface area contributed by atoms with Gasteiger partial charge in [-0.25, -0.2) is 4.99 Å². The number of rotatable bonds is 4. The van der Waals surface area contributed by atoms with Crippen LogP contribution in [0.2, 0.25) is 0 Å². The second-order valence-corrected chi connectivity index (χ2v) is 7.51. The van der Waals surface area contributed by atoms with Gasteiger partial charge in [0.1, 0.15) is 17.5 Å². The Kier molecular flexibility index (Phi) is 3.83. The van der Waals surface area contributed by atoms with Crippen LogP contribution >= 0.6 is 0 Å². The summed E-state index contributed by atoms with van der Waals surface area (Å²) in [6.45, 7) is 0. The molecule has 2 atom stereocenters. The maximum atomic E-state index is 12.7. The smallest absolute Gasteiger partial charge is 0.287 e. The van der Waals surface area contributed by atoms with Crippen LogP contribution < -0.4 is 19.4 Å². The zero-order chi connectivity index (χ0) is 20.9. The van der Waals surface area contributed by atoms with E-state index in [0.717, 1.165) is 28.4 Å². The lowest BCUT2D eigenvalue weighted by molar-refractivity contribution is -0.671. The van der Waals surface area contributed by atoms with Gasteiger partial charge in [0.05, 0.1) is 29.8 Å². The van der Waals surface area contributed by atoms with Gasteiger partial charge in [0, 0.05) is 12.1 Å². The van der Waals surface area contributed by atoms with Crippen molar-refractivity contribution in [2.24, 2.45) is 4.99 Å². The number of aliphatic imine (C=N–C) groups is 1. The average molecular weight is 410 g/mol. The number of hydrogen-bond acceptors (Lipinski definition) is 6. The van der Waals surface area contributed by atoms with Crippen LogP contribution in [0.1, 0.15) is 17.3 Å². The molecule has 7 heteroatoms. The Morgan fingerprint density at radius 3 is 2.45 bits per heavy atom. The van der Waals surface area contributed by atoms with Gasteiger partial charge in [0.25, 0.3) is 5.69 Å². The van der Waals surface area contributed by atoms with E-state index >= 15 is 0 Å². The molecule has 3 aromatic carbocycles. The predicted molar refractivity (Wildman–Crippen MR) is 112 cm³/mol. The number of methoxy groups -OCH3 is 1. The third kappa shape index (κ3) is 2.70. The van der Waals surface area contributed by atoms with E-state index in [0.29, 0.717) is 11.4 Å². The molecule has 2 aliphatic heterocycles. The number of fused-ring (bicyclic) bond motifs is 3. The Balaban J connectivity index is 1.50. The van der Waals surface area contributed by atoms with Crippen LogP contribution in [0.25, 0.3) is 5.69 Å². The highest BCUT2D eigenvalue weighted by molar-refractivity contribution is 6.13. The van der Waals surface area contributed by atoms with Crippen molar-refractivity contribution in [1.82, 2.24) is 5.27 Å². The van der Waals surface area contributed by atoms with E-state index in [2.05, 4.69) is 28.4 Å². The Bertz CT molecular complexity index is 1300. The Labute approximate surface area is 178 Å². The standard InChI is InChI=1S/C24H18N4O3/c1-30-17-13-11-15(12-14-17)21-22-20(25-18-9-5-6-10-19(18)27(21)22)23-24(29)31-26-28(23)16-7-3-2-4-8-16/h2-14,21-22H,1H3. The van der Waals surface area contributed by atoms with Crippen molar-refractivity contribution >= 4 is 17.1 Å². The molecule has 2 unspecified atom stereocenters. The molecular formula is C24H18N4O3. The second-order valence-electron chi connectivity index (χ2n) is 7.51. The molecule has 0 amide bonds. The van der Waals surface area contributed by atoms with E-state index in [9.17, 15) is 5.11 Å². The summed E-state index contributed by atoms with van der Waals surface area (Å²) in [5, 5.41) is 16.8. The molecule has 0 spiro atoms. The minimum Gasteiger partial charge on any atom is -0.539 e. The van der Waals surface area contributed by atoms with Gasteiger partial charge in [-0.15, -0.1) is 0 Å². The third-order valence-electron chi connectivity index (χ3n) is 5.80. The van der Waals surface area contributed by atoms with Gasteiger partial charge in [-0.1, -0.05) is 42.5 Å². The van der Waals surface area contributed by atoms with E-state index < -0.39 is 5.95 Å². The van der Waals surface area contributed by atoms with Crippen molar-refractivity contribution < 1.29 is 19.0 Å². The summed E-state index contributed by atoms with van der Waals surface area (Å²) >= 11 is 0.